The highest BCUT2D eigenvalue weighted by molar-refractivity contribution is 6.07. The van der Waals surface area contributed by atoms with Crippen molar-refractivity contribution in [1.82, 2.24) is 9.97 Å². The summed E-state index contributed by atoms with van der Waals surface area (Å²) in [4.78, 5) is 10.2. The van der Waals surface area contributed by atoms with Gasteiger partial charge in [-0.25, -0.2) is 9.97 Å². The molecule has 0 saturated carbocycles. The van der Waals surface area contributed by atoms with Gasteiger partial charge in [0.25, 0.3) is 0 Å². The fourth-order valence-corrected chi connectivity index (χ4v) is 6.03. The van der Waals surface area contributed by atoms with Gasteiger partial charge in [0.1, 0.15) is 0 Å². The molecule has 6 aromatic carbocycles. The van der Waals surface area contributed by atoms with E-state index >= 15 is 0 Å². The summed E-state index contributed by atoms with van der Waals surface area (Å²) in [6.45, 7) is 4.27. The largest absolute Gasteiger partial charge is 0.247 e. The number of pyridine rings is 2. The van der Waals surface area contributed by atoms with Crippen molar-refractivity contribution in [2.24, 2.45) is 0 Å². The summed E-state index contributed by atoms with van der Waals surface area (Å²) in [7, 11) is 0. The predicted octanol–water partition coefficient (Wildman–Crippen LogP) is 10.7. The van der Waals surface area contributed by atoms with E-state index in [2.05, 4.69) is 147 Å². The average molecular weight is 537 g/mol. The Bertz CT molecular complexity index is 2130. The van der Waals surface area contributed by atoms with Gasteiger partial charge in [-0.1, -0.05) is 120 Å². The Balaban J connectivity index is 1.11. The summed E-state index contributed by atoms with van der Waals surface area (Å²) in [5, 5.41) is 7.18. The number of fused-ring (bicyclic) bond motifs is 6. The maximum Gasteiger partial charge on any atom is 0.0787 e. The second-order valence-electron chi connectivity index (χ2n) is 11.3. The van der Waals surface area contributed by atoms with Crippen molar-refractivity contribution in [3.63, 3.8) is 0 Å². The molecule has 2 nitrogen and oxygen atoms in total. The minimum absolute atomic E-state index is 0.989. The van der Waals surface area contributed by atoms with Crippen molar-refractivity contribution >= 4 is 43.4 Å². The fraction of sp³-hybridized carbons (Fsp3) is 0.0500. The first-order chi connectivity index (χ1) is 20.6. The number of benzene rings is 6. The molecule has 0 aliphatic carbocycles. The molecule has 0 aliphatic heterocycles. The zero-order valence-electron chi connectivity index (χ0n) is 23.6. The lowest BCUT2D eigenvalue weighted by Gasteiger charge is -2.09. The van der Waals surface area contributed by atoms with Crippen LogP contribution in [0.5, 0.6) is 0 Å². The number of hydrogen-bond acceptors (Lipinski definition) is 2. The molecule has 0 radical (unpaired) electrons. The third-order valence-corrected chi connectivity index (χ3v) is 8.36. The zero-order valence-corrected chi connectivity index (χ0v) is 23.6. The Morgan fingerprint density at radius 1 is 0.333 bits per heavy atom. The molecule has 0 N–H and O–H groups in total. The molecule has 2 heteroatoms. The maximum atomic E-state index is 5.10. The normalized spacial score (nSPS) is 11.6. The Morgan fingerprint density at radius 3 is 1.10 bits per heavy atom. The molecule has 0 bridgehead atoms. The summed E-state index contributed by atoms with van der Waals surface area (Å²) in [5.41, 5.74) is 11.2. The lowest BCUT2D eigenvalue weighted by molar-refractivity contribution is 1.40. The van der Waals surface area contributed by atoms with Gasteiger partial charge in [-0.2, -0.15) is 0 Å². The Hall–Kier alpha value is -5.34. The first-order valence-corrected chi connectivity index (χ1v) is 14.4. The molecule has 0 aliphatic rings. The summed E-state index contributed by atoms with van der Waals surface area (Å²) >= 11 is 0. The van der Waals surface area contributed by atoms with Gasteiger partial charge < -0.3 is 0 Å². The summed E-state index contributed by atoms with van der Waals surface area (Å²) in [6.07, 6.45) is 0. The van der Waals surface area contributed by atoms with Gasteiger partial charge in [0.2, 0.25) is 0 Å². The van der Waals surface area contributed by atoms with E-state index in [1.165, 1.54) is 43.8 Å². The zero-order chi connectivity index (χ0) is 28.2. The van der Waals surface area contributed by atoms with Crippen LogP contribution >= 0.6 is 0 Å². The van der Waals surface area contributed by atoms with E-state index in [4.69, 9.17) is 9.97 Å². The van der Waals surface area contributed by atoms with Gasteiger partial charge in [0.15, 0.2) is 0 Å². The Morgan fingerprint density at radius 2 is 0.667 bits per heavy atom. The molecule has 0 fully saturated rings. The van der Waals surface area contributed by atoms with E-state index in [0.717, 1.165) is 44.3 Å². The average Bonchev–Trinajstić information content (AvgIpc) is 3.04. The Labute approximate surface area is 244 Å². The maximum absolute atomic E-state index is 5.10. The summed E-state index contributed by atoms with van der Waals surface area (Å²) in [6, 6.07) is 47.8. The molecule has 2 aromatic heterocycles. The van der Waals surface area contributed by atoms with E-state index in [9.17, 15) is 0 Å². The SMILES string of the molecule is Cc1ccc2ccc3ccc(-c4ccc(-c5ccc(-c6ccc7ccc8ccc(C)cc8c7n6)cc5)cc4)nc3c2c1. The van der Waals surface area contributed by atoms with Gasteiger partial charge in [-0.05, 0) is 60.0 Å². The van der Waals surface area contributed by atoms with Crippen molar-refractivity contribution in [3.05, 3.63) is 145 Å². The highest BCUT2D eigenvalue weighted by Crippen LogP contribution is 2.31. The monoisotopic (exact) mass is 536 g/mol. The molecule has 0 saturated heterocycles. The highest BCUT2D eigenvalue weighted by atomic mass is 14.7. The number of hydrogen-bond donors (Lipinski definition) is 0. The fourth-order valence-electron chi connectivity index (χ4n) is 6.03. The predicted molar refractivity (Wildman–Crippen MR) is 178 cm³/mol. The van der Waals surface area contributed by atoms with E-state index in [-0.39, 0.29) is 0 Å². The number of rotatable bonds is 3. The van der Waals surface area contributed by atoms with Crippen molar-refractivity contribution in [2.45, 2.75) is 13.8 Å². The molecule has 0 spiro atoms. The molecule has 0 unspecified atom stereocenters. The lowest BCUT2D eigenvalue weighted by atomic mass is 9.99. The van der Waals surface area contributed by atoms with Gasteiger partial charge in [0, 0.05) is 32.7 Å². The molecular weight excluding hydrogens is 508 g/mol. The first kappa shape index (κ1) is 24.5. The van der Waals surface area contributed by atoms with E-state index in [0.29, 0.717) is 0 Å². The van der Waals surface area contributed by atoms with Crippen molar-refractivity contribution < 1.29 is 0 Å². The number of nitrogens with zero attached hydrogens (tertiary/aromatic N) is 2. The van der Waals surface area contributed by atoms with Crippen LogP contribution in [0.3, 0.4) is 0 Å². The minimum Gasteiger partial charge on any atom is -0.247 e. The molecule has 0 atom stereocenters. The summed E-state index contributed by atoms with van der Waals surface area (Å²) < 4.78 is 0. The van der Waals surface area contributed by atoms with Crippen LogP contribution in [0.1, 0.15) is 11.1 Å². The first-order valence-electron chi connectivity index (χ1n) is 14.4. The third kappa shape index (κ3) is 4.20. The lowest BCUT2D eigenvalue weighted by Crippen LogP contribution is -1.89. The molecule has 42 heavy (non-hydrogen) atoms. The van der Waals surface area contributed by atoms with Crippen molar-refractivity contribution in [3.8, 4) is 33.6 Å². The molecule has 198 valence electrons. The van der Waals surface area contributed by atoms with Crippen molar-refractivity contribution in [2.75, 3.05) is 0 Å². The van der Waals surface area contributed by atoms with Gasteiger partial charge in [-0.3, -0.25) is 0 Å². The molecule has 8 rings (SSSR count). The van der Waals surface area contributed by atoms with Crippen LogP contribution in [0.2, 0.25) is 0 Å². The van der Waals surface area contributed by atoms with Crippen LogP contribution in [-0.4, -0.2) is 9.97 Å². The quantitative estimate of drug-likeness (QED) is 0.210. The molecule has 0 amide bonds. The highest BCUT2D eigenvalue weighted by Gasteiger charge is 2.09. The van der Waals surface area contributed by atoms with Crippen LogP contribution in [0, 0.1) is 13.8 Å². The Kier molecular flexibility index (Phi) is 5.61. The molecule has 2 heterocycles. The second-order valence-corrected chi connectivity index (χ2v) is 11.3. The van der Waals surface area contributed by atoms with E-state index in [1.54, 1.807) is 0 Å². The second kappa shape index (κ2) is 9.64. The van der Waals surface area contributed by atoms with E-state index < -0.39 is 0 Å². The smallest absolute Gasteiger partial charge is 0.0787 e. The van der Waals surface area contributed by atoms with Crippen LogP contribution in [0.4, 0.5) is 0 Å². The number of aryl methyl sites for hydroxylation is 2. The summed E-state index contributed by atoms with van der Waals surface area (Å²) in [5.74, 6) is 0. The standard InChI is InChI=1S/C40H28N2/c1-25-3-5-29-11-17-33-19-21-37(41-39(33)35(29)23-25)31-13-7-27(8-14-31)28-9-15-32(16-10-28)38-22-20-34-18-12-30-6-4-26(2)24-36(30)40(34)42-38/h3-24H,1-2H3. The third-order valence-electron chi connectivity index (χ3n) is 8.36. The van der Waals surface area contributed by atoms with Gasteiger partial charge >= 0.3 is 0 Å². The van der Waals surface area contributed by atoms with Gasteiger partial charge in [0.05, 0.1) is 22.4 Å². The van der Waals surface area contributed by atoms with Crippen LogP contribution in [0.25, 0.3) is 77.0 Å². The van der Waals surface area contributed by atoms with Crippen LogP contribution < -0.4 is 0 Å². The minimum atomic E-state index is 0.989. The van der Waals surface area contributed by atoms with E-state index in [1.807, 2.05) is 0 Å². The van der Waals surface area contributed by atoms with Crippen LogP contribution in [-0.2, 0) is 0 Å². The number of aromatic nitrogens is 2. The van der Waals surface area contributed by atoms with Crippen molar-refractivity contribution in [1.29, 1.82) is 0 Å². The molecule has 8 aromatic rings. The van der Waals surface area contributed by atoms with Crippen LogP contribution in [0.15, 0.2) is 133 Å². The topological polar surface area (TPSA) is 25.8 Å². The van der Waals surface area contributed by atoms with Gasteiger partial charge in [-0.15, -0.1) is 0 Å². The molecular formula is C40H28N2.